The molecule has 0 radical (unpaired) electrons. The van der Waals surface area contributed by atoms with Gasteiger partial charge in [-0.25, -0.2) is 8.78 Å². The molecule has 9 nitrogen and oxygen atoms in total. The van der Waals surface area contributed by atoms with E-state index in [0.29, 0.717) is 17.8 Å². The maximum atomic E-state index is 14.9. The summed E-state index contributed by atoms with van der Waals surface area (Å²) >= 11 is 0. The number of ketones is 1. The molecular formula is C33H36F2N4O5. The number of carbonyl (C=O) groups excluding carboxylic acids is 4. The number of aromatic nitrogens is 1. The van der Waals surface area contributed by atoms with E-state index in [1.165, 1.54) is 4.90 Å². The van der Waals surface area contributed by atoms with Gasteiger partial charge in [0.1, 0.15) is 18.2 Å². The lowest BCUT2D eigenvalue weighted by Crippen LogP contribution is -2.47. The fourth-order valence-corrected chi connectivity index (χ4v) is 5.40. The molecule has 0 unspecified atom stereocenters. The van der Waals surface area contributed by atoms with Crippen LogP contribution >= 0.6 is 0 Å². The minimum atomic E-state index is -1.11. The first kappa shape index (κ1) is 32.4. The Bertz CT molecular complexity index is 1560. The molecule has 0 fully saturated rings. The van der Waals surface area contributed by atoms with Crippen molar-refractivity contribution in [3.8, 4) is 11.1 Å². The molecule has 3 aromatic rings. The van der Waals surface area contributed by atoms with Crippen LogP contribution < -0.4 is 5.73 Å². The summed E-state index contributed by atoms with van der Waals surface area (Å²) < 4.78 is 31.0. The molecule has 0 saturated carbocycles. The van der Waals surface area contributed by atoms with Crippen molar-refractivity contribution in [1.29, 1.82) is 0 Å². The molecule has 2 atom stereocenters. The Morgan fingerprint density at radius 2 is 1.66 bits per heavy atom. The van der Waals surface area contributed by atoms with Crippen molar-refractivity contribution in [3.63, 3.8) is 0 Å². The van der Waals surface area contributed by atoms with Crippen molar-refractivity contribution in [2.75, 3.05) is 19.7 Å². The normalized spacial score (nSPS) is 14.7. The zero-order valence-electron chi connectivity index (χ0n) is 24.9. The summed E-state index contributed by atoms with van der Waals surface area (Å²) in [5.41, 5.74) is 7.50. The van der Waals surface area contributed by atoms with Gasteiger partial charge in [-0.05, 0) is 41.7 Å². The molecule has 2 heterocycles. The fraction of sp³-hybridized carbons (Fsp3) is 0.333. The van der Waals surface area contributed by atoms with Crippen LogP contribution in [0.5, 0.6) is 0 Å². The Labute approximate surface area is 254 Å². The van der Waals surface area contributed by atoms with Crippen LogP contribution in [0.3, 0.4) is 0 Å². The van der Waals surface area contributed by atoms with Gasteiger partial charge in [0, 0.05) is 48.3 Å². The van der Waals surface area contributed by atoms with Crippen molar-refractivity contribution in [2.45, 2.75) is 45.8 Å². The van der Waals surface area contributed by atoms with Crippen LogP contribution in [0.15, 0.2) is 72.9 Å². The number of amides is 3. The summed E-state index contributed by atoms with van der Waals surface area (Å²) in [7, 11) is 0. The van der Waals surface area contributed by atoms with Crippen LogP contribution in [-0.4, -0.2) is 68.7 Å². The molecule has 2 aromatic carbocycles. The van der Waals surface area contributed by atoms with E-state index < -0.39 is 65.8 Å². The van der Waals surface area contributed by atoms with Gasteiger partial charge in [-0.2, -0.15) is 0 Å². The van der Waals surface area contributed by atoms with Gasteiger partial charge in [-0.15, -0.1) is 0 Å². The van der Waals surface area contributed by atoms with Crippen LogP contribution in [-0.2, 0) is 25.7 Å². The number of nitrogens with zero attached hydrogens (tertiary/aromatic N) is 3. The Kier molecular flexibility index (Phi) is 9.91. The number of benzene rings is 2. The van der Waals surface area contributed by atoms with Crippen molar-refractivity contribution < 1.29 is 33.1 Å². The molecule has 1 aliphatic rings. The molecule has 0 aliphatic carbocycles. The maximum Gasteiger partial charge on any atom is 0.254 e. The van der Waals surface area contributed by atoms with Gasteiger partial charge in [0.15, 0.2) is 5.78 Å². The van der Waals surface area contributed by atoms with Crippen LogP contribution in [0.2, 0.25) is 0 Å². The highest BCUT2D eigenvalue weighted by Crippen LogP contribution is 2.41. The summed E-state index contributed by atoms with van der Waals surface area (Å²) in [5, 5.41) is 9.97. The fourth-order valence-electron chi connectivity index (χ4n) is 5.40. The predicted octanol–water partition coefficient (Wildman–Crippen LogP) is 3.60. The molecule has 0 bridgehead atoms. The molecule has 0 saturated heterocycles. The Hall–Kier alpha value is -4.48. The molecule has 0 spiro atoms. The second-order valence-corrected chi connectivity index (χ2v) is 11.9. The third kappa shape index (κ3) is 7.35. The number of nitrogens with two attached hydrogens (primary N) is 1. The van der Waals surface area contributed by atoms with Gasteiger partial charge in [-0.3, -0.25) is 24.1 Å². The molecule has 1 aliphatic heterocycles. The summed E-state index contributed by atoms with van der Waals surface area (Å²) in [4.78, 5) is 52.1. The lowest BCUT2D eigenvalue weighted by atomic mass is 9.82. The quantitative estimate of drug-likeness (QED) is 0.304. The lowest BCUT2D eigenvalue weighted by Gasteiger charge is -2.41. The second-order valence-electron chi connectivity index (χ2n) is 11.9. The molecule has 44 heavy (non-hydrogen) atoms. The third-order valence-electron chi connectivity index (χ3n) is 7.54. The largest absolute Gasteiger partial charge is 0.387 e. The zero-order chi connectivity index (χ0) is 32.2. The van der Waals surface area contributed by atoms with Gasteiger partial charge in [0.25, 0.3) is 11.8 Å². The van der Waals surface area contributed by atoms with Crippen molar-refractivity contribution >= 4 is 23.5 Å². The molecule has 3 N–H and O–H groups in total. The topological polar surface area (TPSA) is 126 Å². The minimum Gasteiger partial charge on any atom is -0.387 e. The zero-order valence-corrected chi connectivity index (χ0v) is 24.9. The number of aliphatic hydroxyl groups is 1. The number of rotatable bonds is 12. The standard InChI is InChI=1S/C33H36F2N4O5/c1-33(2,3)32(38(31(44)20-40)14-13-26(36)28(41)19-39-29(42)11-12-30(39)43)27-15-22(24-16-23(34)9-10-25(24)35)18-37(27)17-21-7-5-4-6-8-21/h4-12,15-16,18,26,32,40H,13-14,17,19-20,36H2,1-3H3/t26-,32-/m0/s1. The average molecular weight is 607 g/mol. The first-order valence-electron chi connectivity index (χ1n) is 14.2. The lowest BCUT2D eigenvalue weighted by molar-refractivity contribution is -0.141. The van der Waals surface area contributed by atoms with Gasteiger partial charge in [0.05, 0.1) is 18.6 Å². The average Bonchev–Trinajstić information content (AvgIpc) is 3.53. The van der Waals surface area contributed by atoms with Crippen LogP contribution in [0, 0.1) is 17.0 Å². The Morgan fingerprint density at radius 3 is 2.27 bits per heavy atom. The van der Waals surface area contributed by atoms with E-state index in [0.717, 1.165) is 40.8 Å². The van der Waals surface area contributed by atoms with Crippen molar-refractivity contribution in [3.05, 3.63) is 95.8 Å². The molecule has 4 rings (SSSR count). The first-order chi connectivity index (χ1) is 20.8. The van der Waals surface area contributed by atoms with E-state index >= 15 is 0 Å². The number of carbonyl (C=O) groups is 4. The van der Waals surface area contributed by atoms with E-state index in [9.17, 15) is 33.1 Å². The summed E-state index contributed by atoms with van der Waals surface area (Å²) in [6, 6.07) is 12.6. The molecular weight excluding hydrogens is 570 g/mol. The highest BCUT2D eigenvalue weighted by Gasteiger charge is 2.38. The van der Waals surface area contributed by atoms with Gasteiger partial charge >= 0.3 is 0 Å². The highest BCUT2D eigenvalue weighted by molar-refractivity contribution is 6.14. The van der Waals surface area contributed by atoms with Crippen molar-refractivity contribution in [1.82, 2.24) is 14.4 Å². The maximum absolute atomic E-state index is 14.9. The number of Topliss-reactive ketones (excluding diaryl/α,β-unsaturated/α-hetero) is 1. The van der Waals surface area contributed by atoms with E-state index in [4.69, 9.17) is 5.73 Å². The smallest absolute Gasteiger partial charge is 0.254 e. The van der Waals surface area contributed by atoms with Crippen LogP contribution in [0.4, 0.5) is 8.78 Å². The summed E-state index contributed by atoms with van der Waals surface area (Å²) in [5.74, 6) is -3.61. The molecule has 1 aromatic heterocycles. The first-order valence-corrected chi connectivity index (χ1v) is 14.2. The predicted molar refractivity (Wildman–Crippen MR) is 160 cm³/mol. The SMILES string of the molecule is CC(C)(C)[C@H](c1cc(-c2cc(F)ccc2F)cn1Cc1ccccc1)N(CC[C@H](N)C(=O)CN1C(=O)C=CC1=O)C(=O)CO. The van der Waals surface area contributed by atoms with Crippen LogP contribution in [0.25, 0.3) is 11.1 Å². The van der Waals surface area contributed by atoms with Gasteiger partial charge in [0.2, 0.25) is 5.91 Å². The number of halogens is 2. The van der Waals surface area contributed by atoms with E-state index in [2.05, 4.69) is 0 Å². The number of imide groups is 1. The summed E-state index contributed by atoms with van der Waals surface area (Å²) in [6.07, 6.45) is 3.83. The third-order valence-corrected chi connectivity index (χ3v) is 7.54. The highest BCUT2D eigenvalue weighted by atomic mass is 19.1. The summed E-state index contributed by atoms with van der Waals surface area (Å²) in [6.45, 7) is 4.70. The minimum absolute atomic E-state index is 0.0222. The molecule has 232 valence electrons. The molecule has 11 heteroatoms. The second kappa shape index (κ2) is 13.4. The Morgan fingerprint density at radius 1 is 1.00 bits per heavy atom. The van der Waals surface area contributed by atoms with E-state index in [-0.39, 0.29) is 18.5 Å². The van der Waals surface area contributed by atoms with Gasteiger partial charge < -0.3 is 20.3 Å². The van der Waals surface area contributed by atoms with E-state index in [1.54, 1.807) is 12.3 Å². The number of hydrogen-bond donors (Lipinski definition) is 2. The molecule has 3 amide bonds. The number of aliphatic hydroxyl groups excluding tert-OH is 1. The number of hydrogen-bond acceptors (Lipinski definition) is 6. The Balaban J connectivity index is 1.71. The monoisotopic (exact) mass is 606 g/mol. The van der Waals surface area contributed by atoms with Crippen LogP contribution in [0.1, 0.15) is 44.5 Å². The van der Waals surface area contributed by atoms with E-state index in [1.807, 2.05) is 55.7 Å². The van der Waals surface area contributed by atoms with Crippen molar-refractivity contribution in [2.24, 2.45) is 11.1 Å². The van der Waals surface area contributed by atoms with Gasteiger partial charge in [-0.1, -0.05) is 51.1 Å².